The molecule has 1 aliphatic heterocycles. The third-order valence-corrected chi connectivity index (χ3v) is 5.67. The van der Waals surface area contributed by atoms with Gasteiger partial charge in [0.05, 0.1) is 13.2 Å². The number of piperidine rings is 1. The van der Waals surface area contributed by atoms with Crippen molar-refractivity contribution in [2.75, 3.05) is 33.4 Å². The molecule has 0 amide bonds. The summed E-state index contributed by atoms with van der Waals surface area (Å²) in [6, 6.07) is 10.3. The molecule has 0 radical (unpaired) electrons. The van der Waals surface area contributed by atoms with Gasteiger partial charge in [-0.2, -0.15) is 0 Å². The number of likely N-dealkylation sites (tertiary alicyclic amines) is 1. The molecule has 0 aromatic heterocycles. The van der Waals surface area contributed by atoms with Gasteiger partial charge < -0.3 is 29.9 Å². The molecule has 1 fully saturated rings. The lowest BCUT2D eigenvalue weighted by Crippen LogP contribution is -2.41. The Labute approximate surface area is 183 Å². The SMILES string of the molecule is COc1ccc(OC[C@H](O)CN2CCC(O)CC2)c(CNCc2cc(F)ccc2C)c1. The summed E-state index contributed by atoms with van der Waals surface area (Å²) in [5.74, 6) is 1.15. The number of nitrogens with one attached hydrogen (secondary N) is 1. The Kier molecular flexibility index (Phi) is 8.66. The average molecular weight is 433 g/mol. The van der Waals surface area contributed by atoms with E-state index in [9.17, 15) is 14.6 Å². The molecule has 3 N–H and O–H groups in total. The third-order valence-electron chi connectivity index (χ3n) is 5.67. The summed E-state index contributed by atoms with van der Waals surface area (Å²) in [4.78, 5) is 2.15. The number of ether oxygens (including phenoxy) is 2. The Morgan fingerprint density at radius 2 is 1.87 bits per heavy atom. The maximum absolute atomic E-state index is 13.5. The van der Waals surface area contributed by atoms with E-state index >= 15 is 0 Å². The van der Waals surface area contributed by atoms with Gasteiger partial charge >= 0.3 is 0 Å². The zero-order valence-electron chi connectivity index (χ0n) is 18.3. The summed E-state index contributed by atoms with van der Waals surface area (Å²) in [6.45, 7) is 5.29. The number of aryl methyl sites for hydroxylation is 1. The van der Waals surface area contributed by atoms with Crippen molar-refractivity contribution < 1.29 is 24.1 Å². The van der Waals surface area contributed by atoms with Gasteiger partial charge in [-0.25, -0.2) is 4.39 Å². The molecule has 3 rings (SSSR count). The average Bonchev–Trinajstić information content (AvgIpc) is 2.76. The number of halogens is 1. The summed E-state index contributed by atoms with van der Waals surface area (Å²) in [7, 11) is 1.61. The molecule has 170 valence electrons. The first-order valence-electron chi connectivity index (χ1n) is 10.8. The van der Waals surface area contributed by atoms with E-state index < -0.39 is 6.10 Å². The largest absolute Gasteiger partial charge is 0.497 e. The van der Waals surface area contributed by atoms with E-state index in [4.69, 9.17) is 9.47 Å². The van der Waals surface area contributed by atoms with E-state index in [0.717, 1.165) is 48.4 Å². The van der Waals surface area contributed by atoms with E-state index in [2.05, 4.69) is 10.2 Å². The van der Waals surface area contributed by atoms with Gasteiger partial charge in [0.15, 0.2) is 0 Å². The Balaban J connectivity index is 1.55. The molecule has 1 heterocycles. The molecule has 0 unspecified atom stereocenters. The molecule has 7 heteroatoms. The first-order chi connectivity index (χ1) is 14.9. The van der Waals surface area contributed by atoms with Crippen LogP contribution in [-0.2, 0) is 13.1 Å². The number of benzene rings is 2. The smallest absolute Gasteiger partial charge is 0.124 e. The first kappa shape index (κ1) is 23.5. The van der Waals surface area contributed by atoms with Gasteiger partial charge in [0.2, 0.25) is 0 Å². The molecule has 0 bridgehead atoms. The molecule has 6 nitrogen and oxygen atoms in total. The van der Waals surface area contributed by atoms with Crippen molar-refractivity contribution in [3.63, 3.8) is 0 Å². The first-order valence-corrected chi connectivity index (χ1v) is 10.8. The van der Waals surface area contributed by atoms with Gasteiger partial charge in [0.25, 0.3) is 0 Å². The van der Waals surface area contributed by atoms with Crippen LogP contribution >= 0.6 is 0 Å². The minimum Gasteiger partial charge on any atom is -0.497 e. The van der Waals surface area contributed by atoms with Crippen LogP contribution in [0.5, 0.6) is 11.5 Å². The lowest BCUT2D eigenvalue weighted by atomic mass is 10.1. The fourth-order valence-electron chi connectivity index (χ4n) is 3.76. The van der Waals surface area contributed by atoms with E-state index in [1.54, 1.807) is 19.2 Å². The number of methoxy groups -OCH3 is 1. The number of rotatable bonds is 10. The predicted molar refractivity (Wildman–Crippen MR) is 118 cm³/mol. The zero-order chi connectivity index (χ0) is 22.2. The normalized spacial score (nSPS) is 16.3. The minimum absolute atomic E-state index is 0.182. The fourth-order valence-corrected chi connectivity index (χ4v) is 3.76. The number of β-amino-alcohol motifs (C(OH)–C–C–N with tert-alkyl or cyclic N) is 1. The summed E-state index contributed by atoms with van der Waals surface area (Å²) < 4.78 is 24.8. The quantitative estimate of drug-likeness (QED) is 0.536. The van der Waals surface area contributed by atoms with Crippen LogP contribution in [0, 0.1) is 12.7 Å². The molecule has 1 saturated heterocycles. The van der Waals surface area contributed by atoms with E-state index in [0.29, 0.717) is 25.4 Å². The molecule has 0 spiro atoms. The van der Waals surface area contributed by atoms with Gasteiger partial charge in [0.1, 0.15) is 30.0 Å². The van der Waals surface area contributed by atoms with Gasteiger partial charge in [-0.05, 0) is 61.2 Å². The second-order valence-corrected chi connectivity index (χ2v) is 8.14. The van der Waals surface area contributed by atoms with Gasteiger partial charge in [-0.3, -0.25) is 0 Å². The summed E-state index contributed by atoms with van der Waals surface area (Å²) in [5.41, 5.74) is 2.85. The second kappa shape index (κ2) is 11.4. The van der Waals surface area contributed by atoms with Gasteiger partial charge in [-0.15, -0.1) is 0 Å². The molecule has 2 aromatic rings. The Morgan fingerprint density at radius 3 is 2.61 bits per heavy atom. The molecule has 0 saturated carbocycles. The highest BCUT2D eigenvalue weighted by molar-refractivity contribution is 5.40. The van der Waals surface area contributed by atoms with Crippen LogP contribution in [0.4, 0.5) is 4.39 Å². The number of hydrogen-bond donors (Lipinski definition) is 3. The van der Waals surface area contributed by atoms with Crippen molar-refractivity contribution >= 4 is 0 Å². The van der Waals surface area contributed by atoms with Crippen LogP contribution < -0.4 is 14.8 Å². The van der Waals surface area contributed by atoms with Gasteiger partial charge in [-0.1, -0.05) is 6.07 Å². The lowest BCUT2D eigenvalue weighted by molar-refractivity contribution is 0.0336. The van der Waals surface area contributed by atoms with E-state index in [-0.39, 0.29) is 18.5 Å². The molecular weight excluding hydrogens is 399 g/mol. The number of hydrogen-bond acceptors (Lipinski definition) is 6. The topological polar surface area (TPSA) is 74.2 Å². The molecule has 1 aliphatic rings. The van der Waals surface area contributed by atoms with Crippen LogP contribution in [0.15, 0.2) is 36.4 Å². The monoisotopic (exact) mass is 432 g/mol. The molecule has 1 atom stereocenters. The van der Waals surface area contributed by atoms with E-state index in [1.165, 1.54) is 6.07 Å². The predicted octanol–water partition coefficient (Wildman–Crippen LogP) is 2.63. The summed E-state index contributed by atoms with van der Waals surface area (Å²) in [5, 5.41) is 23.3. The number of nitrogens with zero attached hydrogens (tertiary/aromatic N) is 1. The third kappa shape index (κ3) is 7.18. The van der Waals surface area contributed by atoms with Crippen LogP contribution in [0.1, 0.15) is 29.5 Å². The lowest BCUT2D eigenvalue weighted by Gasteiger charge is -2.31. The molecular formula is C24H33FN2O4. The van der Waals surface area contributed by atoms with Crippen LogP contribution in [0.2, 0.25) is 0 Å². The molecule has 31 heavy (non-hydrogen) atoms. The highest BCUT2D eigenvalue weighted by Crippen LogP contribution is 2.25. The van der Waals surface area contributed by atoms with Crippen LogP contribution in [0.3, 0.4) is 0 Å². The standard InChI is InChI=1S/C24H33FN2O4/c1-17-3-4-20(25)11-18(17)13-26-14-19-12-23(30-2)5-6-24(19)31-16-22(29)15-27-9-7-21(28)8-10-27/h3-6,11-12,21-22,26,28-29H,7-10,13-16H2,1-2H3/t22-/m1/s1. The van der Waals surface area contributed by atoms with Crippen molar-refractivity contribution in [3.8, 4) is 11.5 Å². The van der Waals surface area contributed by atoms with Crippen LogP contribution in [-0.4, -0.2) is 60.7 Å². The van der Waals surface area contributed by atoms with Crippen molar-refractivity contribution in [2.45, 2.75) is 45.1 Å². The molecule has 2 aromatic carbocycles. The summed E-state index contributed by atoms with van der Waals surface area (Å²) in [6.07, 6.45) is 0.641. The Bertz CT molecular complexity index is 840. The summed E-state index contributed by atoms with van der Waals surface area (Å²) >= 11 is 0. The number of aliphatic hydroxyl groups excluding tert-OH is 2. The fraction of sp³-hybridized carbons (Fsp3) is 0.500. The number of aliphatic hydroxyl groups is 2. The van der Waals surface area contributed by atoms with Crippen molar-refractivity contribution in [1.82, 2.24) is 10.2 Å². The highest BCUT2D eigenvalue weighted by Gasteiger charge is 2.20. The van der Waals surface area contributed by atoms with E-state index in [1.807, 2.05) is 25.1 Å². The maximum atomic E-state index is 13.5. The van der Waals surface area contributed by atoms with Crippen molar-refractivity contribution in [2.24, 2.45) is 0 Å². The Morgan fingerprint density at radius 1 is 1.13 bits per heavy atom. The molecule has 0 aliphatic carbocycles. The minimum atomic E-state index is -0.618. The maximum Gasteiger partial charge on any atom is 0.124 e. The zero-order valence-corrected chi connectivity index (χ0v) is 18.3. The van der Waals surface area contributed by atoms with Gasteiger partial charge in [0, 0.05) is 38.3 Å². The van der Waals surface area contributed by atoms with Crippen molar-refractivity contribution in [1.29, 1.82) is 0 Å². The van der Waals surface area contributed by atoms with Crippen molar-refractivity contribution in [3.05, 3.63) is 58.9 Å². The van der Waals surface area contributed by atoms with Crippen LogP contribution in [0.25, 0.3) is 0 Å². The second-order valence-electron chi connectivity index (χ2n) is 8.14. The Hall–Kier alpha value is -2.19. The highest BCUT2D eigenvalue weighted by atomic mass is 19.1.